The molecule has 0 radical (unpaired) electrons. The molecular formula is C29H42N2O7. The minimum absolute atomic E-state index is 0.0457. The fourth-order valence-electron chi connectivity index (χ4n) is 3.68. The average Bonchev–Trinajstić information content (AvgIpc) is 2.85. The van der Waals surface area contributed by atoms with Gasteiger partial charge in [0, 0.05) is 19.5 Å². The molecule has 0 aliphatic rings. The maximum Gasteiger partial charge on any atom is 0.309 e. The first-order chi connectivity index (χ1) is 18.0. The second-order valence-corrected chi connectivity index (χ2v) is 9.92. The van der Waals surface area contributed by atoms with Gasteiger partial charge in [-0.2, -0.15) is 0 Å². The topological polar surface area (TPSA) is 122 Å². The molecule has 0 unspecified atom stereocenters. The summed E-state index contributed by atoms with van der Waals surface area (Å²) in [7, 11) is 0. The largest absolute Gasteiger partial charge is 0.464 e. The summed E-state index contributed by atoms with van der Waals surface area (Å²) < 4.78 is 10.5. The molecule has 1 aromatic carbocycles. The van der Waals surface area contributed by atoms with Crippen molar-refractivity contribution in [3.63, 3.8) is 0 Å². The first-order valence-electron chi connectivity index (χ1n) is 12.8. The number of ether oxygens (including phenoxy) is 2. The summed E-state index contributed by atoms with van der Waals surface area (Å²) in [4.78, 5) is 51.8. The van der Waals surface area contributed by atoms with Gasteiger partial charge in [-0.1, -0.05) is 42.5 Å². The third kappa shape index (κ3) is 13.2. The van der Waals surface area contributed by atoms with Crippen molar-refractivity contribution < 1.29 is 33.8 Å². The predicted molar refractivity (Wildman–Crippen MR) is 145 cm³/mol. The van der Waals surface area contributed by atoms with Gasteiger partial charge >= 0.3 is 11.9 Å². The highest BCUT2D eigenvalue weighted by molar-refractivity contribution is 5.86. The zero-order valence-corrected chi connectivity index (χ0v) is 22.8. The van der Waals surface area contributed by atoms with Crippen molar-refractivity contribution in [2.24, 2.45) is 11.8 Å². The van der Waals surface area contributed by atoms with Gasteiger partial charge in [0.25, 0.3) is 0 Å². The standard InChI is InChI=1S/C29H42N2O7/c1-6-11-23(19-25(33)31(16-17-32)21-22-13-9-8-10-14-22)27(35)30-15-18-37-28(36)24(12-7-2)20-26(34)38-29(3,4)5/h6-10,13-14,23-24,32H,1-2,11-12,15-21H2,3-5H3,(H,30,35)/t23-,24+/m1/s1. The van der Waals surface area contributed by atoms with E-state index in [0.717, 1.165) is 5.56 Å². The molecule has 38 heavy (non-hydrogen) atoms. The molecule has 2 N–H and O–H groups in total. The molecule has 0 saturated heterocycles. The van der Waals surface area contributed by atoms with Gasteiger partial charge in [-0.25, -0.2) is 0 Å². The molecular weight excluding hydrogens is 488 g/mol. The lowest BCUT2D eigenvalue weighted by Gasteiger charge is -2.24. The van der Waals surface area contributed by atoms with Crippen LogP contribution in [-0.2, 0) is 35.2 Å². The smallest absolute Gasteiger partial charge is 0.309 e. The van der Waals surface area contributed by atoms with Crippen LogP contribution in [0.5, 0.6) is 0 Å². The maximum absolute atomic E-state index is 12.9. The fourth-order valence-corrected chi connectivity index (χ4v) is 3.68. The minimum atomic E-state index is -0.730. The highest BCUT2D eigenvalue weighted by atomic mass is 16.6. The highest BCUT2D eigenvalue weighted by Crippen LogP contribution is 2.17. The number of esters is 2. The van der Waals surface area contributed by atoms with Crippen LogP contribution in [0, 0.1) is 11.8 Å². The van der Waals surface area contributed by atoms with Gasteiger partial charge < -0.3 is 24.8 Å². The molecule has 2 amide bonds. The number of aliphatic hydroxyl groups is 1. The average molecular weight is 531 g/mol. The summed E-state index contributed by atoms with van der Waals surface area (Å²) in [5.41, 5.74) is 0.256. The molecule has 1 rings (SSSR count). The Balaban J connectivity index is 2.62. The molecule has 0 aromatic heterocycles. The molecule has 2 atom stereocenters. The van der Waals surface area contributed by atoms with Crippen LogP contribution in [0.4, 0.5) is 0 Å². The molecule has 0 bridgehead atoms. The van der Waals surface area contributed by atoms with E-state index in [1.807, 2.05) is 30.3 Å². The van der Waals surface area contributed by atoms with Crippen LogP contribution in [0.25, 0.3) is 0 Å². The Morgan fingerprint density at radius 2 is 1.66 bits per heavy atom. The summed E-state index contributed by atoms with van der Waals surface area (Å²) in [6.45, 7) is 12.8. The lowest BCUT2D eigenvalue weighted by Crippen LogP contribution is -2.39. The van der Waals surface area contributed by atoms with Crippen LogP contribution in [0.1, 0.15) is 52.0 Å². The number of carbonyl (C=O) groups excluding carboxylic acids is 4. The number of carbonyl (C=O) groups is 4. The van der Waals surface area contributed by atoms with Crippen molar-refractivity contribution in [3.05, 3.63) is 61.2 Å². The fraction of sp³-hybridized carbons (Fsp3) is 0.517. The van der Waals surface area contributed by atoms with Crippen molar-refractivity contribution in [2.75, 3.05) is 26.3 Å². The lowest BCUT2D eigenvalue weighted by molar-refractivity contribution is -0.161. The number of benzene rings is 1. The van der Waals surface area contributed by atoms with Gasteiger partial charge in [0.05, 0.1) is 31.4 Å². The van der Waals surface area contributed by atoms with E-state index in [4.69, 9.17) is 9.47 Å². The van der Waals surface area contributed by atoms with Crippen LogP contribution < -0.4 is 5.32 Å². The Bertz CT molecular complexity index is 925. The molecule has 0 saturated carbocycles. The molecule has 0 aliphatic heterocycles. The molecule has 1 aromatic rings. The highest BCUT2D eigenvalue weighted by Gasteiger charge is 2.27. The molecule has 210 valence electrons. The zero-order chi connectivity index (χ0) is 28.6. The number of aliphatic hydroxyl groups excluding tert-OH is 1. The number of hydrogen-bond acceptors (Lipinski definition) is 7. The number of nitrogens with zero attached hydrogens (tertiary/aromatic N) is 1. The van der Waals surface area contributed by atoms with Crippen molar-refractivity contribution >= 4 is 23.8 Å². The first kappa shape index (κ1) is 32.6. The van der Waals surface area contributed by atoms with Crippen LogP contribution >= 0.6 is 0 Å². The maximum atomic E-state index is 12.9. The van der Waals surface area contributed by atoms with Gasteiger partial charge in [-0.3, -0.25) is 19.2 Å². The Hall–Kier alpha value is -3.46. The Labute approximate surface area is 225 Å². The van der Waals surface area contributed by atoms with Crippen molar-refractivity contribution in [2.45, 2.75) is 58.6 Å². The van der Waals surface area contributed by atoms with Gasteiger partial charge in [0.1, 0.15) is 12.2 Å². The lowest BCUT2D eigenvalue weighted by atomic mass is 9.99. The number of amides is 2. The molecule has 9 heteroatoms. The Kier molecular flexibility index (Phi) is 14.7. The van der Waals surface area contributed by atoms with Gasteiger partial charge in [-0.15, -0.1) is 13.2 Å². The molecule has 0 aliphatic carbocycles. The third-order valence-corrected chi connectivity index (χ3v) is 5.45. The summed E-state index contributed by atoms with van der Waals surface area (Å²) in [6, 6.07) is 9.40. The van der Waals surface area contributed by atoms with Crippen molar-refractivity contribution in [1.82, 2.24) is 10.2 Å². The Morgan fingerprint density at radius 3 is 2.24 bits per heavy atom. The van der Waals surface area contributed by atoms with Crippen LogP contribution in [-0.4, -0.2) is 65.7 Å². The van der Waals surface area contributed by atoms with Crippen molar-refractivity contribution in [1.29, 1.82) is 0 Å². The normalized spacial score (nSPS) is 12.5. The van der Waals surface area contributed by atoms with E-state index in [-0.39, 0.29) is 63.8 Å². The summed E-state index contributed by atoms with van der Waals surface area (Å²) >= 11 is 0. The predicted octanol–water partition coefficient (Wildman–Crippen LogP) is 3.17. The van der Waals surface area contributed by atoms with Crippen molar-refractivity contribution in [3.8, 4) is 0 Å². The molecule has 0 spiro atoms. The molecule has 0 fully saturated rings. The number of nitrogens with one attached hydrogen (secondary N) is 1. The second kappa shape index (κ2) is 17.1. The number of hydrogen-bond donors (Lipinski definition) is 2. The first-order valence-corrected chi connectivity index (χ1v) is 12.8. The van der Waals surface area contributed by atoms with E-state index in [9.17, 15) is 24.3 Å². The monoisotopic (exact) mass is 530 g/mol. The summed E-state index contributed by atoms with van der Waals surface area (Å²) in [5.74, 6) is -3.10. The van der Waals surface area contributed by atoms with Gasteiger partial charge in [-0.05, 0) is 39.2 Å². The number of rotatable bonds is 17. The summed E-state index contributed by atoms with van der Waals surface area (Å²) in [6.07, 6.45) is 3.45. The van der Waals surface area contributed by atoms with E-state index in [2.05, 4.69) is 18.5 Å². The van der Waals surface area contributed by atoms with Gasteiger partial charge in [0.15, 0.2) is 0 Å². The minimum Gasteiger partial charge on any atom is -0.464 e. The van der Waals surface area contributed by atoms with Crippen LogP contribution in [0.2, 0.25) is 0 Å². The van der Waals surface area contributed by atoms with E-state index >= 15 is 0 Å². The number of allylic oxidation sites excluding steroid dienone is 2. The van der Waals surface area contributed by atoms with E-state index < -0.39 is 29.4 Å². The molecule has 9 nitrogen and oxygen atoms in total. The third-order valence-electron chi connectivity index (χ3n) is 5.45. The van der Waals surface area contributed by atoms with E-state index in [1.54, 1.807) is 26.8 Å². The summed E-state index contributed by atoms with van der Waals surface area (Å²) in [5, 5.41) is 12.1. The second-order valence-electron chi connectivity index (χ2n) is 9.92. The molecule has 0 heterocycles. The quantitative estimate of drug-likeness (QED) is 0.180. The van der Waals surface area contributed by atoms with Crippen LogP contribution in [0.3, 0.4) is 0 Å². The van der Waals surface area contributed by atoms with Crippen LogP contribution in [0.15, 0.2) is 55.6 Å². The van der Waals surface area contributed by atoms with E-state index in [0.29, 0.717) is 6.54 Å². The Morgan fingerprint density at radius 1 is 1.03 bits per heavy atom. The van der Waals surface area contributed by atoms with Gasteiger partial charge in [0.2, 0.25) is 11.8 Å². The zero-order valence-electron chi connectivity index (χ0n) is 22.8. The SMILES string of the molecule is C=CC[C@H](CC(=O)N(CCO)Cc1ccccc1)C(=O)NCCOC(=O)[C@@H](CC=C)CC(=O)OC(C)(C)C. The van der Waals surface area contributed by atoms with E-state index in [1.165, 1.54) is 11.0 Å².